The van der Waals surface area contributed by atoms with Gasteiger partial charge in [-0.25, -0.2) is 4.39 Å². The minimum absolute atomic E-state index is 0.167. The average molecular weight is 280 g/mol. The number of benzene rings is 2. The molecule has 98 valence electrons. The maximum absolute atomic E-state index is 13.4. The molecule has 19 heavy (non-hydrogen) atoms. The van der Waals surface area contributed by atoms with Gasteiger partial charge in [0.15, 0.2) is 17.1 Å². The number of para-hydroxylation sites is 1. The van der Waals surface area contributed by atoms with Crippen LogP contribution in [0.25, 0.3) is 0 Å². The van der Waals surface area contributed by atoms with Gasteiger partial charge in [0, 0.05) is 6.42 Å². The van der Waals surface area contributed by atoms with Gasteiger partial charge in [-0.2, -0.15) is 0 Å². The van der Waals surface area contributed by atoms with E-state index in [4.69, 9.17) is 16.3 Å². The molecule has 1 unspecified atom stereocenters. The van der Waals surface area contributed by atoms with Crippen molar-refractivity contribution in [3.8, 4) is 11.5 Å². The van der Waals surface area contributed by atoms with E-state index in [1.807, 2.05) is 0 Å². The van der Waals surface area contributed by atoms with Gasteiger partial charge >= 0.3 is 0 Å². The molecule has 0 radical (unpaired) electrons. The van der Waals surface area contributed by atoms with Gasteiger partial charge in [-0.1, -0.05) is 35.9 Å². The zero-order valence-electron chi connectivity index (χ0n) is 9.92. The first-order valence-corrected chi connectivity index (χ1v) is 6.10. The van der Waals surface area contributed by atoms with Crippen molar-refractivity contribution in [3.05, 3.63) is 64.8 Å². The van der Waals surface area contributed by atoms with E-state index in [9.17, 15) is 9.30 Å². The van der Waals surface area contributed by atoms with E-state index in [2.05, 4.69) is 5.18 Å². The van der Waals surface area contributed by atoms with E-state index in [1.165, 1.54) is 6.07 Å². The van der Waals surface area contributed by atoms with Crippen molar-refractivity contribution in [3.63, 3.8) is 0 Å². The Morgan fingerprint density at radius 2 is 1.84 bits per heavy atom. The first kappa shape index (κ1) is 13.5. The second-order valence-electron chi connectivity index (χ2n) is 3.92. The van der Waals surface area contributed by atoms with Crippen molar-refractivity contribution in [2.75, 3.05) is 0 Å². The molecule has 2 aromatic rings. The average Bonchev–Trinajstić information content (AvgIpc) is 2.43. The smallest absolute Gasteiger partial charge is 0.169 e. The fourth-order valence-corrected chi connectivity index (χ4v) is 1.76. The van der Waals surface area contributed by atoms with E-state index < -0.39 is 11.3 Å². The number of halogens is 2. The molecule has 0 fully saturated rings. The maximum atomic E-state index is 13.4. The van der Waals surface area contributed by atoms with E-state index in [0.29, 0.717) is 12.2 Å². The number of hydrogen-bond acceptors (Lipinski definition) is 3. The van der Waals surface area contributed by atoms with Gasteiger partial charge in [-0.3, -0.25) is 0 Å². The molecule has 0 N–H and O–H groups in total. The molecule has 0 aliphatic heterocycles. The second-order valence-corrected chi connectivity index (χ2v) is 4.42. The second kappa shape index (κ2) is 6.29. The fourth-order valence-electron chi connectivity index (χ4n) is 1.58. The van der Waals surface area contributed by atoms with Crippen molar-refractivity contribution in [2.24, 2.45) is 5.18 Å². The molecule has 1 atom stereocenters. The zero-order valence-corrected chi connectivity index (χ0v) is 10.7. The van der Waals surface area contributed by atoms with Crippen LogP contribution in [0.5, 0.6) is 11.5 Å². The number of ether oxygens (including phenoxy) is 1. The molecule has 0 aromatic heterocycles. The highest BCUT2D eigenvalue weighted by atomic mass is 35.5. The highest BCUT2D eigenvalue weighted by Crippen LogP contribution is 2.24. The van der Waals surface area contributed by atoms with Crippen molar-refractivity contribution >= 4 is 11.6 Å². The summed E-state index contributed by atoms with van der Waals surface area (Å²) < 4.78 is 18.8. The van der Waals surface area contributed by atoms with E-state index in [1.54, 1.807) is 42.5 Å². The van der Waals surface area contributed by atoms with Crippen molar-refractivity contribution in [1.29, 1.82) is 0 Å². The lowest BCUT2D eigenvalue weighted by Crippen LogP contribution is -1.98. The summed E-state index contributed by atoms with van der Waals surface area (Å²) in [7, 11) is 0. The van der Waals surface area contributed by atoms with Gasteiger partial charge in [0.1, 0.15) is 5.75 Å². The molecule has 0 saturated heterocycles. The quantitative estimate of drug-likeness (QED) is 0.459. The van der Waals surface area contributed by atoms with Gasteiger partial charge < -0.3 is 4.74 Å². The summed E-state index contributed by atoms with van der Waals surface area (Å²) in [6.45, 7) is 0. The topological polar surface area (TPSA) is 38.7 Å². The Morgan fingerprint density at radius 1 is 1.16 bits per heavy atom. The molecule has 0 aliphatic rings. The Hall–Kier alpha value is -1.94. The molecule has 3 nitrogen and oxygen atoms in total. The Bertz CT molecular complexity index is 560. The van der Waals surface area contributed by atoms with Crippen LogP contribution in [0.15, 0.2) is 53.7 Å². The number of hydrogen-bond donors (Lipinski definition) is 0. The highest BCUT2D eigenvalue weighted by Gasteiger charge is 2.06. The lowest BCUT2D eigenvalue weighted by Gasteiger charge is -2.07. The predicted octanol–water partition coefficient (Wildman–Crippen LogP) is 4.49. The van der Waals surface area contributed by atoms with Crippen LogP contribution in [0.1, 0.15) is 5.56 Å². The van der Waals surface area contributed by atoms with Crippen LogP contribution < -0.4 is 4.74 Å². The molecule has 5 heteroatoms. The van der Waals surface area contributed by atoms with Gasteiger partial charge in [-0.15, -0.1) is 4.91 Å². The van der Waals surface area contributed by atoms with Crippen LogP contribution in [0.3, 0.4) is 0 Å². The van der Waals surface area contributed by atoms with Gasteiger partial charge in [0.05, 0.1) is 0 Å². The van der Waals surface area contributed by atoms with Crippen LogP contribution in [-0.4, -0.2) is 5.50 Å². The number of nitrogens with zero attached hydrogens (tertiary/aromatic N) is 1. The Morgan fingerprint density at radius 3 is 2.47 bits per heavy atom. The van der Waals surface area contributed by atoms with E-state index in [0.717, 1.165) is 5.56 Å². The summed E-state index contributed by atoms with van der Waals surface area (Å²) in [5.74, 6) is 0.261. The third-order valence-electron chi connectivity index (χ3n) is 2.51. The van der Waals surface area contributed by atoms with Crippen molar-refractivity contribution in [2.45, 2.75) is 11.9 Å². The lowest BCUT2D eigenvalue weighted by atomic mass is 10.1. The minimum Gasteiger partial charge on any atom is -0.454 e. The molecule has 0 amide bonds. The van der Waals surface area contributed by atoms with Crippen LogP contribution in [0, 0.1) is 10.7 Å². The standard InChI is InChI=1S/C14H11ClFNO2/c15-14(17-18)9-10-5-7-11(8-6-10)19-13-4-2-1-3-12(13)16/h1-8,14H,9H2. The summed E-state index contributed by atoms with van der Waals surface area (Å²) >= 11 is 5.63. The number of alkyl halides is 1. The summed E-state index contributed by atoms with van der Waals surface area (Å²) in [4.78, 5) is 10.2. The molecular weight excluding hydrogens is 269 g/mol. The third-order valence-corrected chi connectivity index (χ3v) is 2.74. The largest absolute Gasteiger partial charge is 0.454 e. The molecule has 2 aromatic carbocycles. The third kappa shape index (κ3) is 3.76. The number of rotatable bonds is 5. The van der Waals surface area contributed by atoms with Gasteiger partial charge in [-0.05, 0) is 35.0 Å². The molecule has 0 heterocycles. The first-order chi connectivity index (χ1) is 9.19. The Kier molecular flexibility index (Phi) is 4.47. The summed E-state index contributed by atoms with van der Waals surface area (Å²) in [6.07, 6.45) is 0.352. The lowest BCUT2D eigenvalue weighted by molar-refractivity contribution is 0.442. The fraction of sp³-hybridized carbons (Fsp3) is 0.143. The monoisotopic (exact) mass is 279 g/mol. The predicted molar refractivity (Wildman–Crippen MR) is 72.1 cm³/mol. The summed E-state index contributed by atoms with van der Waals surface area (Å²) in [5, 5.41) is 2.72. The van der Waals surface area contributed by atoms with E-state index in [-0.39, 0.29) is 5.75 Å². The highest BCUT2D eigenvalue weighted by molar-refractivity contribution is 6.20. The van der Waals surface area contributed by atoms with Crippen LogP contribution in [0.4, 0.5) is 4.39 Å². The van der Waals surface area contributed by atoms with Crippen LogP contribution >= 0.6 is 11.6 Å². The SMILES string of the molecule is O=NC(Cl)Cc1ccc(Oc2ccccc2F)cc1. The van der Waals surface area contributed by atoms with Gasteiger partial charge in [0.2, 0.25) is 0 Å². The molecule has 0 aliphatic carbocycles. The Labute approximate surface area is 114 Å². The molecular formula is C14H11ClFNO2. The van der Waals surface area contributed by atoms with Crippen LogP contribution in [-0.2, 0) is 6.42 Å². The van der Waals surface area contributed by atoms with Crippen molar-refractivity contribution in [1.82, 2.24) is 0 Å². The molecule has 0 saturated carbocycles. The van der Waals surface area contributed by atoms with E-state index >= 15 is 0 Å². The zero-order chi connectivity index (χ0) is 13.7. The first-order valence-electron chi connectivity index (χ1n) is 5.67. The van der Waals surface area contributed by atoms with Gasteiger partial charge in [0.25, 0.3) is 0 Å². The number of nitroso groups, excluding NO2 is 1. The normalized spacial score (nSPS) is 11.9. The molecule has 0 spiro atoms. The van der Waals surface area contributed by atoms with Crippen molar-refractivity contribution < 1.29 is 9.13 Å². The molecule has 2 rings (SSSR count). The summed E-state index contributed by atoms with van der Waals surface area (Å²) in [6, 6.07) is 13.1. The minimum atomic E-state index is -0.779. The Balaban J connectivity index is 2.07. The van der Waals surface area contributed by atoms with Crippen LogP contribution in [0.2, 0.25) is 0 Å². The maximum Gasteiger partial charge on any atom is 0.169 e. The molecule has 0 bridgehead atoms. The summed E-state index contributed by atoms with van der Waals surface area (Å²) in [5.41, 5.74) is 0.0822.